The Hall–Kier alpha value is -1.70. The van der Waals surface area contributed by atoms with Crippen molar-refractivity contribution in [3.05, 3.63) is 58.7 Å². The predicted molar refractivity (Wildman–Crippen MR) is 82.5 cm³/mol. The molecule has 0 atom stereocenters. The Labute approximate surface area is 111 Å². The third-order valence-corrected chi connectivity index (χ3v) is 3.43. The highest BCUT2D eigenvalue weighted by atomic mass is 15.0. The van der Waals surface area contributed by atoms with E-state index in [0.717, 1.165) is 0 Å². The van der Waals surface area contributed by atoms with Crippen molar-refractivity contribution in [3.63, 3.8) is 0 Å². The van der Waals surface area contributed by atoms with Gasteiger partial charge in [0.15, 0.2) is 0 Å². The van der Waals surface area contributed by atoms with Crippen LogP contribution >= 0.6 is 0 Å². The average molecular weight is 237 g/mol. The van der Waals surface area contributed by atoms with E-state index in [1.807, 2.05) is 0 Å². The maximum atomic E-state index is 2.27. The minimum Gasteiger partial charge on any atom is -0.393 e. The van der Waals surface area contributed by atoms with Gasteiger partial charge in [-0.25, -0.2) is 0 Å². The van der Waals surface area contributed by atoms with Gasteiger partial charge in [0.05, 0.1) is 0 Å². The molecule has 0 aliphatic rings. The molecule has 0 spiro atoms. The van der Waals surface area contributed by atoms with Crippen LogP contribution in [-0.4, -0.2) is 7.98 Å². The van der Waals surface area contributed by atoms with Crippen LogP contribution in [0.15, 0.2) is 36.4 Å². The van der Waals surface area contributed by atoms with E-state index in [1.165, 1.54) is 33.6 Å². The Morgan fingerprint density at radius 3 is 1.44 bits per heavy atom. The molecule has 18 heavy (non-hydrogen) atoms. The van der Waals surface area contributed by atoms with E-state index < -0.39 is 0 Å². The van der Waals surface area contributed by atoms with Crippen LogP contribution in [0.25, 0.3) is 0 Å². The molecule has 0 N–H and O–H groups in total. The Kier molecular flexibility index (Phi) is 3.47. The maximum absolute atomic E-state index is 2.27. The lowest BCUT2D eigenvalue weighted by molar-refractivity contribution is 1.28. The van der Waals surface area contributed by atoms with E-state index in [4.69, 9.17) is 0 Å². The molecule has 0 radical (unpaired) electrons. The van der Waals surface area contributed by atoms with Crippen molar-refractivity contribution in [2.24, 2.45) is 0 Å². The lowest BCUT2D eigenvalue weighted by Crippen LogP contribution is -2.14. The summed E-state index contributed by atoms with van der Waals surface area (Å²) >= 11 is 0. The van der Waals surface area contributed by atoms with Crippen LogP contribution in [0.4, 0.5) is 11.4 Å². The molecule has 2 rings (SSSR count). The van der Waals surface area contributed by atoms with Gasteiger partial charge in [0, 0.05) is 11.4 Å². The molecule has 0 amide bonds. The predicted octanol–water partition coefficient (Wildman–Crippen LogP) is 3.61. The van der Waals surface area contributed by atoms with Crippen LogP contribution in [0.5, 0.6) is 0 Å². The summed E-state index contributed by atoms with van der Waals surface area (Å²) in [6.07, 6.45) is 0. The van der Waals surface area contributed by atoms with E-state index in [2.05, 4.69) is 76.9 Å². The molecule has 0 aromatic heterocycles. The molecule has 2 heteroatoms. The number of hydrogen-bond donors (Lipinski definition) is 0. The number of anilines is 2. The van der Waals surface area contributed by atoms with Gasteiger partial charge in [0.1, 0.15) is 0 Å². The molecule has 0 aliphatic carbocycles. The molecule has 0 heterocycles. The van der Waals surface area contributed by atoms with Crippen LogP contribution in [0.1, 0.15) is 22.3 Å². The van der Waals surface area contributed by atoms with Crippen molar-refractivity contribution in [2.45, 2.75) is 27.7 Å². The highest BCUT2D eigenvalue weighted by Gasteiger charge is 2.08. The van der Waals surface area contributed by atoms with Gasteiger partial charge in [-0.3, -0.25) is 0 Å². The molecule has 2 aromatic rings. The first-order valence-electron chi connectivity index (χ1n) is 6.37. The monoisotopic (exact) mass is 237 g/mol. The van der Waals surface area contributed by atoms with Gasteiger partial charge in [0.2, 0.25) is 7.98 Å². The summed E-state index contributed by atoms with van der Waals surface area (Å²) in [5.74, 6) is 0. The lowest BCUT2D eigenvalue weighted by atomic mass is 10.0. The fourth-order valence-electron chi connectivity index (χ4n) is 2.49. The highest BCUT2D eigenvalue weighted by Crippen LogP contribution is 2.29. The third-order valence-electron chi connectivity index (χ3n) is 3.43. The number of rotatable bonds is 2. The summed E-state index contributed by atoms with van der Waals surface area (Å²) in [5, 5.41) is 0. The number of aryl methyl sites for hydroxylation is 4. The molecule has 92 valence electrons. The number of nitrogens with zero attached hydrogens (tertiary/aromatic N) is 1. The largest absolute Gasteiger partial charge is 0.393 e. The zero-order chi connectivity index (χ0) is 13.3. The Morgan fingerprint density at radius 1 is 0.722 bits per heavy atom. The Balaban J connectivity index is 2.44. The first kappa shape index (κ1) is 12.8. The molecule has 0 fully saturated rings. The quantitative estimate of drug-likeness (QED) is 0.721. The van der Waals surface area contributed by atoms with E-state index in [0.29, 0.717) is 0 Å². The normalized spacial score (nSPS) is 10.4. The fourth-order valence-corrected chi connectivity index (χ4v) is 2.49. The summed E-state index contributed by atoms with van der Waals surface area (Å²) in [6, 6.07) is 13.2. The fraction of sp³-hybridized carbons (Fsp3) is 0.250. The standard InChI is InChI=1S/C16H20BN/c1-11-5-7-15(13(3)9-11)18(17)16-8-6-12(2)10-14(16)4/h5-10H,17H2,1-4H3. The molecule has 1 nitrogen and oxygen atoms in total. The molecular weight excluding hydrogens is 217 g/mol. The number of benzene rings is 2. The van der Waals surface area contributed by atoms with Gasteiger partial charge < -0.3 is 4.81 Å². The van der Waals surface area contributed by atoms with Crippen molar-refractivity contribution in [2.75, 3.05) is 4.81 Å². The van der Waals surface area contributed by atoms with E-state index in [-0.39, 0.29) is 0 Å². The van der Waals surface area contributed by atoms with Gasteiger partial charge in [-0.1, -0.05) is 35.4 Å². The third kappa shape index (κ3) is 2.43. The second kappa shape index (κ2) is 4.89. The molecular formula is C16H20BN. The average Bonchev–Trinajstić information content (AvgIpc) is 2.28. The first-order chi connectivity index (χ1) is 8.49. The van der Waals surface area contributed by atoms with Gasteiger partial charge in [0.25, 0.3) is 0 Å². The molecule has 0 saturated heterocycles. The molecule has 0 bridgehead atoms. The van der Waals surface area contributed by atoms with Gasteiger partial charge in [-0.15, -0.1) is 0 Å². The summed E-state index contributed by atoms with van der Waals surface area (Å²) < 4.78 is 0. The van der Waals surface area contributed by atoms with Crippen molar-refractivity contribution in [1.82, 2.24) is 0 Å². The Bertz CT molecular complexity index is 524. The van der Waals surface area contributed by atoms with Crippen molar-refractivity contribution < 1.29 is 0 Å². The minimum absolute atomic E-state index is 1.27. The van der Waals surface area contributed by atoms with Gasteiger partial charge in [-0.05, 0) is 51.0 Å². The van der Waals surface area contributed by atoms with Crippen molar-refractivity contribution in [3.8, 4) is 0 Å². The van der Waals surface area contributed by atoms with E-state index in [1.54, 1.807) is 0 Å². The van der Waals surface area contributed by atoms with Crippen molar-refractivity contribution >= 4 is 19.4 Å². The smallest absolute Gasteiger partial charge is 0.223 e. The zero-order valence-electron chi connectivity index (χ0n) is 11.9. The zero-order valence-corrected chi connectivity index (χ0v) is 11.9. The van der Waals surface area contributed by atoms with Crippen molar-refractivity contribution in [1.29, 1.82) is 0 Å². The number of hydrogen-bond acceptors (Lipinski definition) is 1. The first-order valence-corrected chi connectivity index (χ1v) is 6.37. The van der Waals surface area contributed by atoms with Crippen LogP contribution in [0, 0.1) is 27.7 Å². The second-order valence-corrected chi connectivity index (χ2v) is 5.14. The molecule has 0 aliphatic heterocycles. The summed E-state index contributed by atoms with van der Waals surface area (Å²) in [5.41, 5.74) is 7.80. The van der Waals surface area contributed by atoms with Crippen LogP contribution in [0.3, 0.4) is 0 Å². The SMILES string of the molecule is BN(c1ccc(C)cc1C)c1ccc(C)cc1C. The molecule has 0 saturated carbocycles. The van der Waals surface area contributed by atoms with E-state index in [9.17, 15) is 0 Å². The second-order valence-electron chi connectivity index (χ2n) is 5.14. The lowest BCUT2D eigenvalue weighted by Gasteiger charge is -2.24. The summed E-state index contributed by atoms with van der Waals surface area (Å²) in [7, 11) is 2.13. The summed E-state index contributed by atoms with van der Waals surface area (Å²) in [6.45, 7) is 8.60. The molecule has 2 aromatic carbocycles. The molecule has 0 unspecified atom stereocenters. The van der Waals surface area contributed by atoms with Gasteiger partial charge >= 0.3 is 0 Å². The summed E-state index contributed by atoms with van der Waals surface area (Å²) in [4.78, 5) is 2.27. The van der Waals surface area contributed by atoms with E-state index >= 15 is 0 Å². The maximum Gasteiger partial charge on any atom is 0.223 e. The van der Waals surface area contributed by atoms with Crippen LogP contribution in [-0.2, 0) is 0 Å². The Morgan fingerprint density at radius 2 is 1.11 bits per heavy atom. The highest BCUT2D eigenvalue weighted by molar-refractivity contribution is 6.22. The van der Waals surface area contributed by atoms with Crippen LogP contribution in [0.2, 0.25) is 0 Å². The topological polar surface area (TPSA) is 3.24 Å². The van der Waals surface area contributed by atoms with Crippen LogP contribution < -0.4 is 4.81 Å². The minimum atomic E-state index is 1.27. The van der Waals surface area contributed by atoms with Gasteiger partial charge in [-0.2, -0.15) is 0 Å².